The zero-order chi connectivity index (χ0) is 16.5. The molecule has 0 bridgehead atoms. The van der Waals surface area contributed by atoms with E-state index >= 15 is 0 Å². The third kappa shape index (κ3) is 2.44. The summed E-state index contributed by atoms with van der Waals surface area (Å²) in [6.45, 7) is 0.185. The van der Waals surface area contributed by atoms with Crippen LogP contribution in [0.15, 0.2) is 35.3 Å². The molecule has 0 N–H and O–H groups in total. The first-order chi connectivity index (χ1) is 11.8. The fourth-order valence-corrected chi connectivity index (χ4v) is 4.88. The Morgan fingerprint density at radius 1 is 1.21 bits per heavy atom. The number of aliphatic imine (C=N–C) groups is 1. The molecule has 1 aliphatic heterocycles. The van der Waals surface area contributed by atoms with Crippen LogP contribution in [0.2, 0.25) is 0 Å². The molecule has 1 amide bonds. The van der Waals surface area contributed by atoms with Gasteiger partial charge < -0.3 is 0 Å². The van der Waals surface area contributed by atoms with Gasteiger partial charge in [0.1, 0.15) is 18.1 Å². The van der Waals surface area contributed by atoms with Crippen LogP contribution in [0, 0.1) is 11.3 Å². The molecule has 2 aromatic rings. The molecule has 2 heterocycles. The van der Waals surface area contributed by atoms with Gasteiger partial charge in [0.25, 0.3) is 0 Å². The summed E-state index contributed by atoms with van der Waals surface area (Å²) in [5.41, 5.74) is 4.36. The number of rotatable bonds is 2. The average Bonchev–Trinajstić information content (AvgIpc) is 2.93. The molecule has 0 spiro atoms. The van der Waals surface area contributed by atoms with Crippen LogP contribution in [0.1, 0.15) is 34.4 Å². The predicted octanol–water partition coefficient (Wildman–Crippen LogP) is 3.33. The second-order valence-electron chi connectivity index (χ2n) is 6.06. The average molecular weight is 335 g/mol. The smallest absolute Gasteiger partial charge is 0.250 e. The van der Waals surface area contributed by atoms with Gasteiger partial charge in [-0.3, -0.25) is 14.7 Å². The van der Waals surface area contributed by atoms with E-state index in [0.717, 1.165) is 34.7 Å². The van der Waals surface area contributed by atoms with Crippen LogP contribution in [0.25, 0.3) is 0 Å². The third-order valence-corrected chi connectivity index (χ3v) is 5.90. The van der Waals surface area contributed by atoms with Crippen LogP contribution in [0.3, 0.4) is 0 Å². The van der Waals surface area contributed by atoms with Gasteiger partial charge in [0.05, 0.1) is 11.8 Å². The number of nitrogens with zero attached hydrogens (tertiary/aromatic N) is 3. The zero-order valence-electron chi connectivity index (χ0n) is 13.3. The molecule has 1 aromatic carbocycles. The number of aryl methyl sites for hydroxylation is 1. The molecule has 1 aromatic heterocycles. The summed E-state index contributed by atoms with van der Waals surface area (Å²) in [6.07, 6.45) is 4.45. The second-order valence-corrected chi connectivity index (χ2v) is 7.14. The van der Waals surface area contributed by atoms with E-state index in [0.29, 0.717) is 0 Å². The van der Waals surface area contributed by atoms with Crippen LogP contribution in [0.4, 0.5) is 5.00 Å². The van der Waals surface area contributed by atoms with Crippen LogP contribution in [0.5, 0.6) is 0 Å². The summed E-state index contributed by atoms with van der Waals surface area (Å²) in [5.74, 6) is -0.0951. The molecule has 0 unspecified atom stereocenters. The van der Waals surface area contributed by atoms with Crippen molar-refractivity contribution in [2.75, 3.05) is 18.0 Å². The van der Waals surface area contributed by atoms with Gasteiger partial charge in [-0.2, -0.15) is 5.26 Å². The number of hydrogen-bond donors (Lipinski definition) is 0. The first-order valence-electron chi connectivity index (χ1n) is 8.21. The normalized spacial score (nSPS) is 16.7. The Kier molecular flexibility index (Phi) is 3.91. The fourth-order valence-electron chi connectivity index (χ4n) is 3.47. The Hall–Kier alpha value is -2.45. The van der Waals surface area contributed by atoms with Crippen LogP contribution >= 0.6 is 11.3 Å². The molecule has 1 aliphatic carbocycles. The maximum Gasteiger partial charge on any atom is 0.250 e. The minimum Gasteiger partial charge on any atom is -0.288 e. The van der Waals surface area contributed by atoms with Gasteiger partial charge in [0.2, 0.25) is 5.91 Å². The van der Waals surface area contributed by atoms with E-state index in [4.69, 9.17) is 5.26 Å². The standard InChI is InChI=1S/C19H17N3OS/c20-10-11-22-16(23)12-21-18(13-6-2-1-3-7-13)17-14-8-4-5-9-15(14)24-19(17)22/h1-3,6-7H,4-5,8-9,11-12H2. The van der Waals surface area contributed by atoms with Gasteiger partial charge in [-0.05, 0) is 31.2 Å². The number of fused-ring (bicyclic) bond motifs is 3. The summed E-state index contributed by atoms with van der Waals surface area (Å²) >= 11 is 1.67. The minimum atomic E-state index is -0.0951. The van der Waals surface area contributed by atoms with Crippen LogP contribution in [-0.2, 0) is 17.6 Å². The third-order valence-electron chi connectivity index (χ3n) is 4.58. The van der Waals surface area contributed by atoms with Crippen molar-refractivity contribution >= 4 is 28.0 Å². The summed E-state index contributed by atoms with van der Waals surface area (Å²) in [5, 5.41) is 10.1. The number of carbonyl (C=O) groups is 1. The van der Waals surface area contributed by atoms with Gasteiger partial charge >= 0.3 is 0 Å². The van der Waals surface area contributed by atoms with E-state index < -0.39 is 0 Å². The maximum atomic E-state index is 12.5. The number of nitriles is 1. The number of benzene rings is 1. The molecule has 0 saturated carbocycles. The first kappa shape index (κ1) is 15.1. The van der Waals surface area contributed by atoms with E-state index in [1.807, 2.05) is 30.3 Å². The van der Waals surface area contributed by atoms with Gasteiger partial charge in [0, 0.05) is 16.0 Å². The lowest BCUT2D eigenvalue weighted by Crippen LogP contribution is -2.32. The van der Waals surface area contributed by atoms with Crippen LogP contribution < -0.4 is 4.90 Å². The zero-order valence-corrected chi connectivity index (χ0v) is 14.1. The van der Waals surface area contributed by atoms with E-state index in [9.17, 15) is 4.79 Å². The lowest BCUT2D eigenvalue weighted by Gasteiger charge is -2.17. The molecule has 0 radical (unpaired) electrons. The van der Waals surface area contributed by atoms with Crippen molar-refractivity contribution in [2.24, 2.45) is 4.99 Å². The van der Waals surface area contributed by atoms with Crippen molar-refractivity contribution < 1.29 is 4.79 Å². The highest BCUT2D eigenvalue weighted by atomic mass is 32.1. The first-order valence-corrected chi connectivity index (χ1v) is 9.03. The van der Waals surface area contributed by atoms with E-state index in [1.165, 1.54) is 23.3 Å². The highest BCUT2D eigenvalue weighted by molar-refractivity contribution is 7.17. The Balaban J connectivity index is 1.95. The van der Waals surface area contributed by atoms with Crippen molar-refractivity contribution in [3.05, 3.63) is 51.9 Å². The molecular weight excluding hydrogens is 318 g/mol. The number of carbonyl (C=O) groups excluding carboxylic acids is 1. The van der Waals surface area contributed by atoms with Gasteiger partial charge in [-0.1, -0.05) is 30.3 Å². The summed E-state index contributed by atoms with van der Waals surface area (Å²) in [4.78, 5) is 20.2. The van der Waals surface area contributed by atoms with Crippen molar-refractivity contribution in [2.45, 2.75) is 25.7 Å². The fraction of sp³-hybridized carbons (Fsp3) is 0.316. The number of anilines is 1. The maximum absolute atomic E-state index is 12.5. The summed E-state index contributed by atoms with van der Waals surface area (Å²) < 4.78 is 0. The van der Waals surface area contributed by atoms with Gasteiger partial charge in [0.15, 0.2) is 0 Å². The highest BCUT2D eigenvalue weighted by Gasteiger charge is 2.32. The van der Waals surface area contributed by atoms with E-state index in [2.05, 4.69) is 11.1 Å². The molecular formula is C19H17N3OS. The van der Waals surface area contributed by atoms with Crippen molar-refractivity contribution in [1.82, 2.24) is 0 Å². The van der Waals surface area contributed by atoms with Gasteiger partial charge in [-0.15, -0.1) is 11.3 Å². The van der Waals surface area contributed by atoms with Crippen LogP contribution in [-0.4, -0.2) is 24.7 Å². The molecule has 120 valence electrons. The van der Waals surface area contributed by atoms with Crippen molar-refractivity contribution in [1.29, 1.82) is 5.26 Å². The Labute approximate surface area is 145 Å². The predicted molar refractivity (Wildman–Crippen MR) is 95.9 cm³/mol. The molecule has 0 fully saturated rings. The lowest BCUT2D eigenvalue weighted by atomic mass is 9.91. The lowest BCUT2D eigenvalue weighted by molar-refractivity contribution is -0.117. The monoisotopic (exact) mass is 335 g/mol. The highest BCUT2D eigenvalue weighted by Crippen LogP contribution is 2.42. The number of hydrogen-bond acceptors (Lipinski definition) is 4. The molecule has 4 rings (SSSR count). The number of amides is 1. The molecule has 24 heavy (non-hydrogen) atoms. The number of thiophene rings is 1. The largest absolute Gasteiger partial charge is 0.288 e. The molecule has 5 heteroatoms. The molecule has 0 saturated heterocycles. The summed E-state index contributed by atoms with van der Waals surface area (Å²) in [6, 6.07) is 12.2. The quantitative estimate of drug-likeness (QED) is 0.791. The Morgan fingerprint density at radius 2 is 2.00 bits per heavy atom. The van der Waals surface area contributed by atoms with E-state index in [-0.39, 0.29) is 19.0 Å². The Bertz CT molecular complexity index is 861. The van der Waals surface area contributed by atoms with Crippen molar-refractivity contribution in [3.63, 3.8) is 0 Å². The summed E-state index contributed by atoms with van der Waals surface area (Å²) in [7, 11) is 0. The second kappa shape index (κ2) is 6.21. The van der Waals surface area contributed by atoms with Crippen molar-refractivity contribution in [3.8, 4) is 6.07 Å². The molecule has 0 atom stereocenters. The van der Waals surface area contributed by atoms with Gasteiger partial charge in [-0.25, -0.2) is 0 Å². The molecule has 2 aliphatic rings. The van der Waals surface area contributed by atoms with E-state index in [1.54, 1.807) is 16.2 Å². The SMILES string of the molecule is N#CCN1C(=O)CN=C(c2ccccc2)c2c1sc1c2CCCC1. The molecule has 4 nitrogen and oxygen atoms in total. The Morgan fingerprint density at radius 3 is 2.79 bits per heavy atom. The minimum absolute atomic E-state index is 0.0861. The topological polar surface area (TPSA) is 56.5 Å².